The van der Waals surface area contributed by atoms with Gasteiger partial charge < -0.3 is 10.5 Å². The second-order valence-electron chi connectivity index (χ2n) is 4.10. The Bertz CT molecular complexity index is 652. The van der Waals surface area contributed by atoms with E-state index in [0.29, 0.717) is 11.1 Å². The van der Waals surface area contributed by atoms with E-state index in [1.165, 1.54) is 24.1 Å². The van der Waals surface area contributed by atoms with Crippen LogP contribution in [0, 0.1) is 0 Å². The molecule has 1 aromatic heterocycles. The summed E-state index contributed by atoms with van der Waals surface area (Å²) in [6.07, 6.45) is -3.11. The van der Waals surface area contributed by atoms with Gasteiger partial charge in [-0.25, -0.2) is 0 Å². The molecule has 0 aliphatic heterocycles. The van der Waals surface area contributed by atoms with Crippen molar-refractivity contribution in [2.24, 2.45) is 7.05 Å². The van der Waals surface area contributed by atoms with Gasteiger partial charge in [0, 0.05) is 12.6 Å². The van der Waals surface area contributed by atoms with Crippen LogP contribution < -0.4 is 10.5 Å². The molecule has 0 fully saturated rings. The number of rotatable bonds is 2. The molecule has 0 bridgehead atoms. The largest absolute Gasteiger partial charge is 0.495 e. The second kappa shape index (κ2) is 5.01. The Balaban J connectivity index is 2.69. The predicted molar refractivity (Wildman–Crippen MR) is 72.3 cm³/mol. The van der Waals surface area contributed by atoms with Crippen molar-refractivity contribution in [3.63, 3.8) is 0 Å². The molecule has 0 spiro atoms. The predicted octanol–water partition coefficient (Wildman–Crippen LogP) is 3.46. The Morgan fingerprint density at radius 1 is 1.35 bits per heavy atom. The molecule has 0 radical (unpaired) electrons. The van der Waals surface area contributed by atoms with Crippen LogP contribution in [0.5, 0.6) is 5.75 Å². The van der Waals surface area contributed by atoms with Crippen molar-refractivity contribution in [2.75, 3.05) is 12.8 Å². The molecule has 8 heteroatoms. The summed E-state index contributed by atoms with van der Waals surface area (Å²) >= 11 is 3.09. The number of nitrogens with zero attached hydrogens (tertiary/aromatic N) is 2. The average molecular weight is 350 g/mol. The Hall–Kier alpha value is -1.70. The highest BCUT2D eigenvalue weighted by Gasteiger charge is 2.36. The maximum atomic E-state index is 13.1. The fraction of sp³-hybridized carbons (Fsp3) is 0.250. The minimum Gasteiger partial charge on any atom is -0.495 e. The normalized spacial score (nSPS) is 11.7. The van der Waals surface area contributed by atoms with Gasteiger partial charge in [-0.3, -0.25) is 4.68 Å². The van der Waals surface area contributed by atoms with Crippen LogP contribution in [0.25, 0.3) is 11.1 Å². The zero-order valence-electron chi connectivity index (χ0n) is 10.6. The van der Waals surface area contributed by atoms with Crippen molar-refractivity contribution in [1.29, 1.82) is 0 Å². The number of methoxy groups -OCH3 is 1. The number of halogens is 4. The maximum Gasteiger partial charge on any atom is 0.420 e. The van der Waals surface area contributed by atoms with Crippen LogP contribution in [-0.2, 0) is 13.2 Å². The third kappa shape index (κ3) is 2.47. The molecule has 0 aliphatic carbocycles. The van der Waals surface area contributed by atoms with Gasteiger partial charge in [-0.2, -0.15) is 18.3 Å². The van der Waals surface area contributed by atoms with Gasteiger partial charge in [0.25, 0.3) is 0 Å². The molecule has 0 atom stereocenters. The molecule has 0 unspecified atom stereocenters. The Labute approximate surface area is 121 Å². The summed E-state index contributed by atoms with van der Waals surface area (Å²) in [6, 6.07) is 2.51. The fourth-order valence-electron chi connectivity index (χ4n) is 1.84. The molecule has 0 saturated carbocycles. The summed E-state index contributed by atoms with van der Waals surface area (Å²) in [5.41, 5.74) is 5.67. The molecule has 0 saturated heterocycles. The highest BCUT2D eigenvalue weighted by atomic mass is 79.9. The minimum absolute atomic E-state index is 0.202. The number of ether oxygens (including phenoxy) is 1. The lowest BCUT2D eigenvalue weighted by molar-refractivity contribution is -0.138. The summed E-state index contributed by atoms with van der Waals surface area (Å²) in [4.78, 5) is 0. The van der Waals surface area contributed by atoms with Gasteiger partial charge in [-0.1, -0.05) is 0 Å². The zero-order chi connectivity index (χ0) is 15.1. The first-order chi connectivity index (χ1) is 9.25. The number of aromatic nitrogens is 2. The summed E-state index contributed by atoms with van der Waals surface area (Å²) in [7, 11) is 2.80. The van der Waals surface area contributed by atoms with Gasteiger partial charge in [0.2, 0.25) is 0 Å². The molecule has 20 heavy (non-hydrogen) atoms. The number of nitrogens with two attached hydrogens (primary N) is 1. The third-order valence-corrected chi connectivity index (χ3v) is 3.44. The Kier molecular flexibility index (Phi) is 3.68. The average Bonchev–Trinajstić information content (AvgIpc) is 2.68. The van der Waals surface area contributed by atoms with Crippen molar-refractivity contribution in [3.8, 4) is 16.9 Å². The lowest BCUT2D eigenvalue weighted by Crippen LogP contribution is -2.08. The third-order valence-electron chi connectivity index (χ3n) is 2.85. The number of aryl methyl sites for hydroxylation is 1. The van der Waals surface area contributed by atoms with E-state index in [4.69, 9.17) is 10.5 Å². The van der Waals surface area contributed by atoms with Crippen LogP contribution in [0.2, 0.25) is 0 Å². The van der Waals surface area contributed by atoms with E-state index >= 15 is 0 Å². The van der Waals surface area contributed by atoms with Crippen LogP contribution in [0.15, 0.2) is 22.8 Å². The lowest BCUT2D eigenvalue weighted by atomic mass is 10.0. The molecule has 0 aliphatic rings. The van der Waals surface area contributed by atoms with E-state index < -0.39 is 11.7 Å². The van der Waals surface area contributed by atoms with Gasteiger partial charge in [0.1, 0.15) is 11.6 Å². The first-order valence-corrected chi connectivity index (χ1v) is 6.27. The summed E-state index contributed by atoms with van der Waals surface area (Å²) in [6.45, 7) is 0. The second-order valence-corrected chi connectivity index (χ2v) is 4.96. The fourth-order valence-corrected chi connectivity index (χ4v) is 2.46. The van der Waals surface area contributed by atoms with Crippen molar-refractivity contribution in [2.45, 2.75) is 6.18 Å². The number of anilines is 1. The highest BCUT2D eigenvalue weighted by molar-refractivity contribution is 9.10. The van der Waals surface area contributed by atoms with Crippen LogP contribution in [0.1, 0.15) is 5.56 Å². The van der Waals surface area contributed by atoms with Gasteiger partial charge in [-0.15, -0.1) is 0 Å². The van der Waals surface area contributed by atoms with Crippen molar-refractivity contribution in [3.05, 3.63) is 28.4 Å². The van der Waals surface area contributed by atoms with E-state index in [1.54, 1.807) is 7.05 Å². The maximum absolute atomic E-state index is 13.1. The van der Waals surface area contributed by atoms with Crippen LogP contribution >= 0.6 is 15.9 Å². The van der Waals surface area contributed by atoms with Crippen LogP contribution in [-0.4, -0.2) is 16.9 Å². The highest BCUT2D eigenvalue weighted by Crippen LogP contribution is 2.43. The molecule has 2 aromatic rings. The smallest absolute Gasteiger partial charge is 0.420 e. The molecule has 4 nitrogen and oxygen atoms in total. The van der Waals surface area contributed by atoms with Crippen LogP contribution in [0.3, 0.4) is 0 Å². The van der Waals surface area contributed by atoms with Gasteiger partial charge >= 0.3 is 6.18 Å². The van der Waals surface area contributed by atoms with E-state index in [2.05, 4.69) is 21.0 Å². The molecule has 1 heterocycles. The quantitative estimate of drug-likeness (QED) is 0.903. The first-order valence-electron chi connectivity index (χ1n) is 5.48. The zero-order valence-corrected chi connectivity index (χ0v) is 12.2. The monoisotopic (exact) mass is 349 g/mol. The number of hydrogen-bond acceptors (Lipinski definition) is 3. The molecule has 108 valence electrons. The Morgan fingerprint density at radius 2 is 2.00 bits per heavy atom. The van der Waals surface area contributed by atoms with Gasteiger partial charge in [0.05, 0.1) is 23.3 Å². The molecule has 0 amide bonds. The van der Waals surface area contributed by atoms with E-state index in [-0.39, 0.29) is 16.0 Å². The minimum atomic E-state index is -4.53. The number of hydrogen-bond donors (Lipinski definition) is 1. The first kappa shape index (κ1) is 14.7. The van der Waals surface area contributed by atoms with E-state index in [1.807, 2.05) is 0 Å². The van der Waals surface area contributed by atoms with Crippen molar-refractivity contribution in [1.82, 2.24) is 9.78 Å². The van der Waals surface area contributed by atoms with Crippen LogP contribution in [0.4, 0.5) is 19.0 Å². The molecule has 2 rings (SSSR count). The number of benzene rings is 1. The number of alkyl halides is 3. The van der Waals surface area contributed by atoms with Crippen molar-refractivity contribution >= 4 is 21.7 Å². The summed E-state index contributed by atoms with van der Waals surface area (Å²) in [5.74, 6) is 0.0268. The topological polar surface area (TPSA) is 53.1 Å². The summed E-state index contributed by atoms with van der Waals surface area (Å²) in [5, 5.41) is 3.92. The SMILES string of the molecule is COc1c(Br)cc(-c2cnn(C)c2N)cc1C(F)(F)F. The van der Waals surface area contributed by atoms with E-state index in [0.717, 1.165) is 6.07 Å². The Morgan fingerprint density at radius 3 is 2.45 bits per heavy atom. The van der Waals surface area contributed by atoms with Crippen molar-refractivity contribution < 1.29 is 17.9 Å². The molecular formula is C12H11BrF3N3O. The molecule has 1 aromatic carbocycles. The summed E-state index contributed by atoms with van der Waals surface area (Å²) < 4.78 is 45.6. The van der Waals surface area contributed by atoms with Gasteiger partial charge in [-0.05, 0) is 33.6 Å². The standard InChI is InChI=1S/C12H11BrF3N3O/c1-19-11(17)7(5-18-19)6-3-8(12(14,15)16)10(20-2)9(13)4-6/h3-5H,17H2,1-2H3. The lowest BCUT2D eigenvalue weighted by Gasteiger charge is -2.15. The molecular weight excluding hydrogens is 339 g/mol. The molecule has 2 N–H and O–H groups in total. The van der Waals surface area contributed by atoms with E-state index in [9.17, 15) is 13.2 Å². The van der Waals surface area contributed by atoms with Gasteiger partial charge in [0.15, 0.2) is 0 Å². The number of nitrogen functional groups attached to an aromatic ring is 1.